The number of ether oxygens (including phenoxy) is 2. The lowest BCUT2D eigenvalue weighted by molar-refractivity contribution is 0.394. The van der Waals surface area contributed by atoms with Crippen molar-refractivity contribution in [2.75, 3.05) is 14.2 Å². The molecule has 0 N–H and O–H groups in total. The highest BCUT2D eigenvalue weighted by molar-refractivity contribution is 6.33. The molecule has 0 radical (unpaired) electrons. The van der Waals surface area contributed by atoms with E-state index in [1.54, 1.807) is 32.4 Å². The number of benzene rings is 2. The Bertz CT molecular complexity index is 802. The molecular formula is C16H13ClN2O3. The molecule has 0 saturated heterocycles. The third kappa shape index (κ3) is 2.63. The van der Waals surface area contributed by atoms with Gasteiger partial charge < -0.3 is 13.9 Å². The Morgan fingerprint density at radius 2 is 1.64 bits per heavy atom. The fraction of sp³-hybridized carbons (Fsp3) is 0.125. The molecule has 2 aromatic carbocycles. The first-order valence-electron chi connectivity index (χ1n) is 6.53. The van der Waals surface area contributed by atoms with Gasteiger partial charge in [0.1, 0.15) is 11.5 Å². The lowest BCUT2D eigenvalue weighted by atomic mass is 10.2. The van der Waals surface area contributed by atoms with Gasteiger partial charge in [0.05, 0.1) is 30.4 Å². The van der Waals surface area contributed by atoms with E-state index in [2.05, 4.69) is 10.2 Å². The number of aromatic nitrogens is 2. The van der Waals surface area contributed by atoms with E-state index < -0.39 is 0 Å². The molecule has 0 spiro atoms. The largest absolute Gasteiger partial charge is 0.497 e. The van der Waals surface area contributed by atoms with Crippen LogP contribution in [0.1, 0.15) is 0 Å². The standard InChI is InChI=1S/C16H13ClN2O3/c1-20-10-7-8-12(14(9-10)21-2)16-19-18-15(22-16)11-5-3-4-6-13(11)17/h3-9H,1-2H3. The van der Waals surface area contributed by atoms with E-state index in [4.69, 9.17) is 25.5 Å². The lowest BCUT2D eigenvalue weighted by Crippen LogP contribution is -1.90. The monoisotopic (exact) mass is 316 g/mol. The number of hydrogen-bond donors (Lipinski definition) is 0. The van der Waals surface area contributed by atoms with Gasteiger partial charge in [-0.25, -0.2) is 0 Å². The average Bonchev–Trinajstić information content (AvgIpc) is 3.04. The summed E-state index contributed by atoms with van der Waals surface area (Å²) in [5.74, 6) is 1.99. The predicted octanol–water partition coefficient (Wildman–Crippen LogP) is 4.07. The van der Waals surface area contributed by atoms with Gasteiger partial charge in [-0.15, -0.1) is 10.2 Å². The summed E-state index contributed by atoms with van der Waals surface area (Å²) >= 11 is 6.14. The fourth-order valence-corrected chi connectivity index (χ4v) is 2.27. The van der Waals surface area contributed by atoms with Gasteiger partial charge in [0.25, 0.3) is 5.89 Å². The highest BCUT2D eigenvalue weighted by Gasteiger charge is 2.16. The van der Waals surface area contributed by atoms with Crippen LogP contribution in [0.15, 0.2) is 46.9 Å². The van der Waals surface area contributed by atoms with Crippen LogP contribution >= 0.6 is 11.6 Å². The van der Waals surface area contributed by atoms with Crippen LogP contribution in [0, 0.1) is 0 Å². The van der Waals surface area contributed by atoms with Gasteiger partial charge in [-0.3, -0.25) is 0 Å². The summed E-state index contributed by atoms with van der Waals surface area (Å²) in [4.78, 5) is 0. The van der Waals surface area contributed by atoms with E-state index in [-0.39, 0.29) is 0 Å². The maximum atomic E-state index is 6.14. The fourth-order valence-electron chi connectivity index (χ4n) is 2.05. The Kier molecular flexibility index (Phi) is 3.98. The zero-order chi connectivity index (χ0) is 15.5. The Balaban J connectivity index is 2.03. The van der Waals surface area contributed by atoms with Gasteiger partial charge in [0, 0.05) is 6.07 Å². The van der Waals surface area contributed by atoms with Gasteiger partial charge in [0.15, 0.2) is 0 Å². The van der Waals surface area contributed by atoms with Crippen LogP contribution in [0.5, 0.6) is 11.5 Å². The minimum absolute atomic E-state index is 0.356. The molecule has 6 heteroatoms. The molecule has 3 aromatic rings. The molecular weight excluding hydrogens is 304 g/mol. The van der Waals surface area contributed by atoms with E-state index in [9.17, 15) is 0 Å². The molecule has 0 unspecified atom stereocenters. The molecule has 0 aliphatic carbocycles. The molecule has 0 saturated carbocycles. The Labute approximate surface area is 132 Å². The molecule has 0 atom stereocenters. The summed E-state index contributed by atoms with van der Waals surface area (Å²) in [6.07, 6.45) is 0. The Morgan fingerprint density at radius 3 is 2.32 bits per heavy atom. The van der Waals surface area contributed by atoms with Crippen molar-refractivity contribution in [1.29, 1.82) is 0 Å². The number of hydrogen-bond acceptors (Lipinski definition) is 5. The maximum Gasteiger partial charge on any atom is 0.251 e. The highest BCUT2D eigenvalue weighted by Crippen LogP contribution is 2.34. The highest BCUT2D eigenvalue weighted by atomic mass is 35.5. The molecule has 112 valence electrons. The number of rotatable bonds is 4. The molecule has 0 bridgehead atoms. The molecule has 0 aliphatic rings. The molecule has 0 aliphatic heterocycles. The van der Waals surface area contributed by atoms with Crippen molar-refractivity contribution in [3.63, 3.8) is 0 Å². The smallest absolute Gasteiger partial charge is 0.251 e. The Morgan fingerprint density at radius 1 is 0.909 bits per heavy atom. The summed E-state index contributed by atoms with van der Waals surface area (Å²) < 4.78 is 16.2. The molecule has 1 aromatic heterocycles. The lowest BCUT2D eigenvalue weighted by Gasteiger charge is -2.07. The average molecular weight is 317 g/mol. The van der Waals surface area contributed by atoms with E-state index in [1.165, 1.54) is 0 Å². The Hall–Kier alpha value is -2.53. The minimum atomic E-state index is 0.356. The van der Waals surface area contributed by atoms with E-state index in [0.717, 1.165) is 0 Å². The third-order valence-corrected chi connectivity index (χ3v) is 3.50. The normalized spacial score (nSPS) is 10.5. The van der Waals surface area contributed by atoms with E-state index in [0.29, 0.717) is 39.4 Å². The van der Waals surface area contributed by atoms with Crippen LogP contribution in [0.2, 0.25) is 5.02 Å². The molecule has 3 rings (SSSR count). The molecule has 1 heterocycles. The predicted molar refractivity (Wildman–Crippen MR) is 83.3 cm³/mol. The summed E-state index contributed by atoms with van der Waals surface area (Å²) in [7, 11) is 3.17. The molecule has 0 fully saturated rings. The quantitative estimate of drug-likeness (QED) is 0.726. The van der Waals surface area contributed by atoms with Gasteiger partial charge >= 0.3 is 0 Å². The van der Waals surface area contributed by atoms with Gasteiger partial charge in [-0.2, -0.15) is 0 Å². The van der Waals surface area contributed by atoms with Crippen molar-refractivity contribution >= 4 is 11.6 Å². The summed E-state index contributed by atoms with van der Waals surface area (Å²) in [5.41, 5.74) is 1.38. The maximum absolute atomic E-state index is 6.14. The second-order valence-electron chi connectivity index (χ2n) is 4.46. The molecule has 22 heavy (non-hydrogen) atoms. The van der Waals surface area contributed by atoms with Crippen molar-refractivity contribution in [2.24, 2.45) is 0 Å². The zero-order valence-corrected chi connectivity index (χ0v) is 12.8. The first kappa shape index (κ1) is 14.4. The number of nitrogens with zero attached hydrogens (tertiary/aromatic N) is 2. The molecule has 5 nitrogen and oxygen atoms in total. The topological polar surface area (TPSA) is 57.4 Å². The SMILES string of the molecule is COc1ccc(-c2nnc(-c3ccccc3Cl)o2)c(OC)c1. The first-order valence-corrected chi connectivity index (χ1v) is 6.91. The van der Waals surface area contributed by atoms with Crippen molar-refractivity contribution in [2.45, 2.75) is 0 Å². The zero-order valence-electron chi connectivity index (χ0n) is 12.0. The second kappa shape index (κ2) is 6.07. The summed E-state index contributed by atoms with van der Waals surface area (Å²) in [6.45, 7) is 0. The van der Waals surface area contributed by atoms with Crippen molar-refractivity contribution < 1.29 is 13.9 Å². The van der Waals surface area contributed by atoms with Crippen LogP contribution in [-0.4, -0.2) is 24.4 Å². The van der Waals surface area contributed by atoms with Gasteiger partial charge in [-0.1, -0.05) is 23.7 Å². The second-order valence-corrected chi connectivity index (χ2v) is 4.87. The van der Waals surface area contributed by atoms with E-state index in [1.807, 2.05) is 24.3 Å². The molecule has 0 amide bonds. The van der Waals surface area contributed by atoms with Crippen LogP contribution in [-0.2, 0) is 0 Å². The number of halogens is 1. The van der Waals surface area contributed by atoms with Crippen LogP contribution in [0.4, 0.5) is 0 Å². The summed E-state index contributed by atoms with van der Waals surface area (Å²) in [6, 6.07) is 12.7. The van der Waals surface area contributed by atoms with Gasteiger partial charge in [0.2, 0.25) is 5.89 Å². The first-order chi connectivity index (χ1) is 10.7. The minimum Gasteiger partial charge on any atom is -0.497 e. The van der Waals surface area contributed by atoms with E-state index >= 15 is 0 Å². The van der Waals surface area contributed by atoms with Crippen LogP contribution in [0.3, 0.4) is 0 Å². The summed E-state index contributed by atoms with van der Waals surface area (Å²) in [5, 5.41) is 8.68. The van der Waals surface area contributed by atoms with Crippen molar-refractivity contribution in [1.82, 2.24) is 10.2 Å². The van der Waals surface area contributed by atoms with Gasteiger partial charge in [-0.05, 0) is 24.3 Å². The van der Waals surface area contributed by atoms with Crippen LogP contribution in [0.25, 0.3) is 22.9 Å². The van der Waals surface area contributed by atoms with Crippen LogP contribution < -0.4 is 9.47 Å². The van der Waals surface area contributed by atoms with Crippen molar-refractivity contribution in [3.8, 4) is 34.4 Å². The van der Waals surface area contributed by atoms with Crippen molar-refractivity contribution in [3.05, 3.63) is 47.5 Å². The third-order valence-electron chi connectivity index (χ3n) is 3.17. The number of methoxy groups -OCH3 is 2.